The van der Waals surface area contributed by atoms with Crippen molar-refractivity contribution in [3.8, 4) is 0 Å². The number of nitrogens with zero attached hydrogens (tertiary/aromatic N) is 1. The van der Waals surface area contributed by atoms with Gasteiger partial charge >= 0.3 is 0 Å². The van der Waals surface area contributed by atoms with E-state index in [1.54, 1.807) is 42.6 Å². The summed E-state index contributed by atoms with van der Waals surface area (Å²) >= 11 is 0. The van der Waals surface area contributed by atoms with Crippen LogP contribution in [0.5, 0.6) is 0 Å². The number of hydrogen-bond donors (Lipinski definition) is 3. The van der Waals surface area contributed by atoms with Gasteiger partial charge in [0.15, 0.2) is 0 Å². The van der Waals surface area contributed by atoms with Crippen LogP contribution in [-0.4, -0.2) is 23.3 Å². The first-order chi connectivity index (χ1) is 11.6. The molecule has 0 spiro atoms. The van der Waals surface area contributed by atoms with Crippen molar-refractivity contribution in [2.45, 2.75) is 26.7 Å². The molecule has 2 amide bonds. The van der Waals surface area contributed by atoms with Crippen molar-refractivity contribution in [3.63, 3.8) is 0 Å². The minimum absolute atomic E-state index is 0.134. The van der Waals surface area contributed by atoms with Crippen LogP contribution < -0.4 is 16.0 Å². The predicted octanol–water partition coefficient (Wildman–Crippen LogP) is 3.50. The summed E-state index contributed by atoms with van der Waals surface area (Å²) in [6.45, 7) is 4.45. The third-order valence-corrected chi connectivity index (χ3v) is 3.33. The third-order valence-electron chi connectivity index (χ3n) is 3.33. The first-order valence-corrected chi connectivity index (χ1v) is 7.97. The van der Waals surface area contributed by atoms with Gasteiger partial charge < -0.3 is 16.0 Å². The Morgan fingerprint density at radius 2 is 1.67 bits per heavy atom. The van der Waals surface area contributed by atoms with E-state index < -0.39 is 0 Å². The topological polar surface area (TPSA) is 83.1 Å². The lowest BCUT2D eigenvalue weighted by atomic mass is 10.2. The van der Waals surface area contributed by atoms with Gasteiger partial charge in [-0.05, 0) is 42.8 Å². The lowest BCUT2D eigenvalue weighted by Gasteiger charge is -2.08. The Kier molecular flexibility index (Phi) is 6.31. The highest BCUT2D eigenvalue weighted by molar-refractivity contribution is 6.04. The maximum atomic E-state index is 12.2. The molecule has 0 unspecified atom stereocenters. The van der Waals surface area contributed by atoms with Crippen molar-refractivity contribution in [1.29, 1.82) is 0 Å². The summed E-state index contributed by atoms with van der Waals surface area (Å²) < 4.78 is 0. The summed E-state index contributed by atoms with van der Waals surface area (Å²) in [4.78, 5) is 27.4. The van der Waals surface area contributed by atoms with Crippen molar-refractivity contribution in [1.82, 2.24) is 4.98 Å². The molecule has 6 heteroatoms. The fraction of sp³-hybridized carbons (Fsp3) is 0.278. The number of nitrogens with one attached hydrogen (secondary N) is 3. The highest BCUT2D eigenvalue weighted by atomic mass is 16.2. The molecule has 24 heavy (non-hydrogen) atoms. The number of unbranched alkanes of at least 4 members (excludes halogenated alkanes) is 1. The Morgan fingerprint density at radius 3 is 2.21 bits per heavy atom. The molecule has 0 fully saturated rings. The van der Waals surface area contributed by atoms with Crippen LogP contribution in [0, 0.1) is 0 Å². The van der Waals surface area contributed by atoms with Gasteiger partial charge in [-0.15, -0.1) is 0 Å². The minimum atomic E-state index is -0.227. The number of carbonyl (C=O) groups is 2. The van der Waals surface area contributed by atoms with E-state index in [0.29, 0.717) is 16.9 Å². The largest absolute Gasteiger partial charge is 0.370 e. The Labute approximate surface area is 141 Å². The number of hydrogen-bond acceptors (Lipinski definition) is 4. The standard InChI is InChI=1S/C18H22N4O2/c1-3-4-11-19-17-10-5-14(12-20-17)18(24)22-16-8-6-15(7-9-16)21-13(2)23/h5-10,12H,3-4,11H2,1-2H3,(H,19,20)(H,21,23)(H,22,24). The van der Waals surface area contributed by atoms with Gasteiger partial charge in [-0.3, -0.25) is 9.59 Å². The molecule has 2 aromatic rings. The van der Waals surface area contributed by atoms with Gasteiger partial charge in [-0.1, -0.05) is 13.3 Å². The summed E-state index contributed by atoms with van der Waals surface area (Å²) in [5.41, 5.74) is 1.82. The van der Waals surface area contributed by atoms with Crippen LogP contribution >= 0.6 is 0 Å². The van der Waals surface area contributed by atoms with E-state index >= 15 is 0 Å². The molecule has 0 aliphatic rings. The smallest absolute Gasteiger partial charge is 0.257 e. The molecule has 1 heterocycles. The van der Waals surface area contributed by atoms with Gasteiger partial charge in [-0.25, -0.2) is 4.98 Å². The summed E-state index contributed by atoms with van der Waals surface area (Å²) in [6.07, 6.45) is 3.75. The monoisotopic (exact) mass is 326 g/mol. The highest BCUT2D eigenvalue weighted by Crippen LogP contribution is 2.15. The second kappa shape index (κ2) is 8.67. The van der Waals surface area contributed by atoms with Gasteiger partial charge in [0.25, 0.3) is 5.91 Å². The molecule has 0 saturated carbocycles. The maximum absolute atomic E-state index is 12.2. The fourth-order valence-electron chi connectivity index (χ4n) is 2.07. The van der Waals surface area contributed by atoms with Crippen LogP contribution in [0.4, 0.5) is 17.2 Å². The molecular formula is C18H22N4O2. The molecular weight excluding hydrogens is 304 g/mol. The van der Waals surface area contributed by atoms with E-state index in [2.05, 4.69) is 27.9 Å². The lowest BCUT2D eigenvalue weighted by Crippen LogP contribution is -2.13. The molecule has 0 bridgehead atoms. The summed E-state index contributed by atoms with van der Waals surface area (Å²) in [7, 11) is 0. The van der Waals surface area contributed by atoms with Gasteiger partial charge in [0, 0.05) is 31.0 Å². The van der Waals surface area contributed by atoms with Crippen molar-refractivity contribution in [2.75, 3.05) is 22.5 Å². The van der Waals surface area contributed by atoms with E-state index in [9.17, 15) is 9.59 Å². The molecule has 1 aromatic heterocycles. The van der Waals surface area contributed by atoms with Crippen LogP contribution in [0.2, 0.25) is 0 Å². The normalized spacial score (nSPS) is 10.1. The molecule has 126 valence electrons. The number of amides is 2. The van der Waals surface area contributed by atoms with Crippen LogP contribution in [0.15, 0.2) is 42.6 Å². The average molecular weight is 326 g/mol. The quantitative estimate of drug-likeness (QED) is 0.680. The zero-order chi connectivity index (χ0) is 17.4. The molecule has 1 aromatic carbocycles. The number of benzene rings is 1. The zero-order valence-electron chi connectivity index (χ0n) is 13.9. The van der Waals surface area contributed by atoms with Crippen molar-refractivity contribution in [2.24, 2.45) is 0 Å². The number of aromatic nitrogens is 1. The van der Waals surface area contributed by atoms with Gasteiger partial charge in [0.05, 0.1) is 5.56 Å². The number of rotatable bonds is 7. The van der Waals surface area contributed by atoms with Gasteiger partial charge in [-0.2, -0.15) is 0 Å². The third kappa shape index (κ3) is 5.39. The average Bonchev–Trinajstić information content (AvgIpc) is 2.57. The molecule has 0 saturated heterocycles. The molecule has 0 radical (unpaired) electrons. The molecule has 6 nitrogen and oxygen atoms in total. The van der Waals surface area contributed by atoms with Crippen LogP contribution in [0.3, 0.4) is 0 Å². The van der Waals surface area contributed by atoms with Gasteiger partial charge in [0.2, 0.25) is 5.91 Å². The predicted molar refractivity (Wildman–Crippen MR) is 96.3 cm³/mol. The summed E-state index contributed by atoms with van der Waals surface area (Å²) in [5, 5.41) is 8.68. The second-order valence-corrected chi connectivity index (χ2v) is 5.43. The Morgan fingerprint density at radius 1 is 1.00 bits per heavy atom. The van der Waals surface area contributed by atoms with Gasteiger partial charge in [0.1, 0.15) is 5.82 Å². The molecule has 2 rings (SSSR count). The van der Waals surface area contributed by atoms with E-state index in [0.717, 1.165) is 25.2 Å². The molecule has 0 atom stereocenters. The SMILES string of the molecule is CCCCNc1ccc(C(=O)Nc2ccc(NC(C)=O)cc2)cn1. The first kappa shape index (κ1) is 17.5. The van der Waals surface area contributed by atoms with E-state index in [-0.39, 0.29) is 11.8 Å². The Bertz CT molecular complexity index is 681. The highest BCUT2D eigenvalue weighted by Gasteiger charge is 2.07. The van der Waals surface area contributed by atoms with E-state index in [1.807, 2.05) is 0 Å². The minimum Gasteiger partial charge on any atom is -0.370 e. The fourth-order valence-corrected chi connectivity index (χ4v) is 2.07. The Balaban J connectivity index is 1.93. The second-order valence-electron chi connectivity index (χ2n) is 5.43. The first-order valence-electron chi connectivity index (χ1n) is 7.97. The maximum Gasteiger partial charge on any atom is 0.257 e. The van der Waals surface area contributed by atoms with Crippen LogP contribution in [0.1, 0.15) is 37.0 Å². The van der Waals surface area contributed by atoms with Crippen LogP contribution in [0.25, 0.3) is 0 Å². The van der Waals surface area contributed by atoms with Crippen LogP contribution in [-0.2, 0) is 4.79 Å². The molecule has 3 N–H and O–H groups in total. The summed E-state index contributed by atoms with van der Waals surface area (Å²) in [5.74, 6) is 0.403. The zero-order valence-corrected chi connectivity index (χ0v) is 13.9. The Hall–Kier alpha value is -2.89. The number of pyridine rings is 1. The summed E-state index contributed by atoms with van der Waals surface area (Å²) in [6, 6.07) is 10.5. The molecule has 0 aliphatic heterocycles. The van der Waals surface area contributed by atoms with Crippen molar-refractivity contribution < 1.29 is 9.59 Å². The van der Waals surface area contributed by atoms with E-state index in [4.69, 9.17) is 0 Å². The number of carbonyl (C=O) groups excluding carboxylic acids is 2. The van der Waals surface area contributed by atoms with Crippen molar-refractivity contribution in [3.05, 3.63) is 48.2 Å². The van der Waals surface area contributed by atoms with E-state index in [1.165, 1.54) is 6.92 Å². The lowest BCUT2D eigenvalue weighted by molar-refractivity contribution is -0.114. The number of anilines is 3. The molecule has 0 aliphatic carbocycles. The van der Waals surface area contributed by atoms with Crippen molar-refractivity contribution >= 4 is 29.0 Å².